The fourth-order valence-corrected chi connectivity index (χ4v) is 8.18. The van der Waals surface area contributed by atoms with Gasteiger partial charge in [0.2, 0.25) is 11.8 Å². The molecule has 2 aromatic carbocycles. The molecule has 6 unspecified atom stereocenters. The molecule has 220 valence electrons. The number of aromatic hydroxyl groups is 1. The summed E-state index contributed by atoms with van der Waals surface area (Å²) in [6.07, 6.45) is 1.74. The van der Waals surface area contributed by atoms with Crippen LogP contribution in [-0.2, 0) is 19.2 Å². The first kappa shape index (κ1) is 28.5. The Morgan fingerprint density at radius 1 is 1.00 bits per heavy atom. The van der Waals surface area contributed by atoms with Crippen LogP contribution in [0.5, 0.6) is 17.2 Å². The van der Waals surface area contributed by atoms with E-state index in [-0.39, 0.29) is 59.7 Å². The monoisotopic (exact) mass is 616 g/mol. The summed E-state index contributed by atoms with van der Waals surface area (Å²) in [6, 6.07) is 7.57. The van der Waals surface area contributed by atoms with Gasteiger partial charge in [-0.25, -0.2) is 9.29 Å². The van der Waals surface area contributed by atoms with Gasteiger partial charge in [-0.15, -0.1) is 23.2 Å². The highest BCUT2D eigenvalue weighted by atomic mass is 35.5. The van der Waals surface area contributed by atoms with Gasteiger partial charge in [0.25, 0.3) is 11.8 Å². The van der Waals surface area contributed by atoms with Gasteiger partial charge in [-0.1, -0.05) is 11.6 Å². The largest absolute Gasteiger partial charge is 0.507 e. The Kier molecular flexibility index (Phi) is 6.58. The number of allylic oxidation sites excluding steroid dienone is 2. The number of ether oxygens (including phenoxy) is 2. The summed E-state index contributed by atoms with van der Waals surface area (Å²) < 4.78 is 24.7. The number of phenols is 1. The number of hydrogen-bond acceptors (Lipinski definition) is 7. The molecule has 0 aromatic heterocycles. The van der Waals surface area contributed by atoms with E-state index in [4.69, 9.17) is 32.7 Å². The second kappa shape index (κ2) is 9.70. The summed E-state index contributed by atoms with van der Waals surface area (Å²) in [5.41, 5.74) is 0.645. The van der Waals surface area contributed by atoms with E-state index in [9.17, 15) is 28.7 Å². The first-order valence-corrected chi connectivity index (χ1v) is 14.2. The molecule has 0 spiro atoms. The zero-order chi connectivity index (χ0) is 30.3. The maximum Gasteiger partial charge on any atom is 0.258 e. The number of halogens is 3. The van der Waals surface area contributed by atoms with Crippen LogP contribution in [0, 0.1) is 23.6 Å². The molecule has 9 nitrogen and oxygen atoms in total. The molecule has 4 amide bonds. The van der Waals surface area contributed by atoms with E-state index >= 15 is 0 Å². The number of amides is 4. The van der Waals surface area contributed by atoms with Gasteiger partial charge in [-0.05, 0) is 49.9 Å². The minimum atomic E-state index is -2.20. The third kappa shape index (κ3) is 3.54. The van der Waals surface area contributed by atoms with Crippen LogP contribution < -0.4 is 14.4 Å². The molecule has 2 saturated heterocycles. The van der Waals surface area contributed by atoms with E-state index in [1.807, 2.05) is 0 Å². The summed E-state index contributed by atoms with van der Waals surface area (Å²) in [7, 11) is 2.77. The third-order valence-electron chi connectivity index (χ3n) is 9.14. The average Bonchev–Trinajstić information content (AvgIpc) is 3.31. The highest BCUT2D eigenvalue weighted by Gasteiger charge is 2.77. The van der Waals surface area contributed by atoms with Crippen molar-refractivity contribution in [1.82, 2.24) is 4.90 Å². The van der Waals surface area contributed by atoms with Gasteiger partial charge in [0.15, 0.2) is 9.75 Å². The normalized spacial score (nSPS) is 32.0. The molecule has 4 aliphatic rings. The maximum atomic E-state index is 14.4. The predicted molar refractivity (Wildman–Crippen MR) is 150 cm³/mol. The number of rotatable bonds is 5. The van der Waals surface area contributed by atoms with Gasteiger partial charge in [0.05, 0.1) is 31.7 Å². The molecule has 6 atom stereocenters. The Labute approximate surface area is 250 Å². The number of hydrogen-bond donors (Lipinski definition) is 1. The molecule has 1 saturated carbocycles. The number of carbonyl (C=O) groups is 4. The topological polar surface area (TPSA) is 113 Å². The molecule has 12 heteroatoms. The van der Waals surface area contributed by atoms with Crippen LogP contribution in [-0.4, -0.2) is 64.1 Å². The minimum Gasteiger partial charge on any atom is -0.507 e. The smallest absolute Gasteiger partial charge is 0.258 e. The number of methoxy groups -OCH3 is 2. The molecular formula is C30H27Cl2FN2O7. The van der Waals surface area contributed by atoms with E-state index in [2.05, 4.69) is 0 Å². The molecule has 0 bridgehead atoms. The fraction of sp³-hybridized carbons (Fsp3) is 0.400. The number of alkyl halides is 2. The van der Waals surface area contributed by atoms with Crippen LogP contribution in [0.25, 0.3) is 0 Å². The number of likely N-dealkylation sites (tertiary alicyclic amines) is 1. The number of anilines is 1. The Bertz CT molecular complexity index is 1580. The average molecular weight is 617 g/mol. The Hall–Kier alpha value is -3.63. The van der Waals surface area contributed by atoms with Gasteiger partial charge >= 0.3 is 0 Å². The maximum absolute atomic E-state index is 14.4. The molecule has 0 radical (unpaired) electrons. The van der Waals surface area contributed by atoms with Crippen LogP contribution in [0.1, 0.15) is 31.2 Å². The highest BCUT2D eigenvalue weighted by molar-refractivity contribution is 6.58. The summed E-state index contributed by atoms with van der Waals surface area (Å²) in [6.45, 7) is 1.89. The molecule has 2 heterocycles. The van der Waals surface area contributed by atoms with E-state index < -0.39 is 51.1 Å². The summed E-state index contributed by atoms with van der Waals surface area (Å²) in [5.74, 6) is -6.47. The summed E-state index contributed by atoms with van der Waals surface area (Å²) >= 11 is 14.6. The van der Waals surface area contributed by atoms with Crippen molar-refractivity contribution in [3.8, 4) is 17.2 Å². The van der Waals surface area contributed by atoms with Crippen molar-refractivity contribution in [2.45, 2.75) is 35.4 Å². The van der Waals surface area contributed by atoms with E-state index in [0.29, 0.717) is 5.57 Å². The minimum absolute atomic E-state index is 0.0598. The second-order valence-electron chi connectivity index (χ2n) is 10.9. The number of carbonyl (C=O) groups excluding carboxylic acids is 4. The van der Waals surface area contributed by atoms with Crippen molar-refractivity contribution in [1.29, 1.82) is 0 Å². The third-order valence-corrected chi connectivity index (χ3v) is 10.6. The Morgan fingerprint density at radius 3 is 2.31 bits per heavy atom. The van der Waals surface area contributed by atoms with Gasteiger partial charge in [0, 0.05) is 30.2 Å². The lowest BCUT2D eigenvalue weighted by Crippen LogP contribution is -2.60. The van der Waals surface area contributed by atoms with Crippen LogP contribution >= 0.6 is 23.2 Å². The predicted octanol–water partition coefficient (Wildman–Crippen LogP) is 4.13. The van der Waals surface area contributed by atoms with Crippen LogP contribution in [0.15, 0.2) is 48.0 Å². The fourth-order valence-electron chi connectivity index (χ4n) is 7.26. The first-order chi connectivity index (χ1) is 19.9. The molecule has 3 fully saturated rings. The molecule has 2 aliphatic heterocycles. The second-order valence-corrected chi connectivity index (χ2v) is 12.2. The standard InChI is InChI=1S/C30H27Cl2FN2O7/c1-4-34-25(37)18-10-9-17-19(22(18)26(34)38)13-29(31)27(39)35(15-7-5-14(33)6-8-15)28(40)30(29,32)24(17)23-20(36)11-16(41-2)12-21(23)42-3/h5-9,11-12,18-19,22,24,36H,4,10,13H2,1-3H3. The SMILES string of the molecule is CCN1C(=O)C2CC=C3C(CC4(Cl)C(=O)N(c5ccc(F)cc5)C(=O)C4(Cl)C3c3c(O)cc(OC)cc3OC)C2C1=O. The Morgan fingerprint density at radius 2 is 1.69 bits per heavy atom. The highest BCUT2D eigenvalue weighted by Crippen LogP contribution is 2.67. The number of fused-ring (bicyclic) bond motifs is 4. The van der Waals surface area contributed by atoms with Crippen LogP contribution in [0.2, 0.25) is 0 Å². The van der Waals surface area contributed by atoms with Gasteiger partial charge < -0.3 is 14.6 Å². The lowest BCUT2D eigenvalue weighted by molar-refractivity contribution is -0.140. The summed E-state index contributed by atoms with van der Waals surface area (Å²) in [5, 5.41) is 11.4. The summed E-state index contributed by atoms with van der Waals surface area (Å²) in [4.78, 5) is 53.1. The van der Waals surface area contributed by atoms with Crippen molar-refractivity contribution in [2.24, 2.45) is 17.8 Å². The van der Waals surface area contributed by atoms with Gasteiger partial charge in [0.1, 0.15) is 23.1 Å². The quantitative estimate of drug-likeness (QED) is 0.305. The lowest BCUT2D eigenvalue weighted by atomic mass is 9.56. The van der Waals surface area contributed by atoms with Gasteiger partial charge in [-0.3, -0.25) is 24.1 Å². The molecular weight excluding hydrogens is 590 g/mol. The number of benzene rings is 2. The van der Waals surface area contributed by atoms with Crippen molar-refractivity contribution in [2.75, 3.05) is 25.7 Å². The van der Waals surface area contributed by atoms with E-state index in [1.165, 1.54) is 43.4 Å². The van der Waals surface area contributed by atoms with Gasteiger partial charge in [-0.2, -0.15) is 0 Å². The Balaban J connectivity index is 1.61. The van der Waals surface area contributed by atoms with Crippen LogP contribution in [0.4, 0.5) is 10.1 Å². The zero-order valence-electron chi connectivity index (χ0n) is 22.9. The zero-order valence-corrected chi connectivity index (χ0v) is 24.4. The molecule has 2 aromatic rings. The first-order valence-electron chi connectivity index (χ1n) is 13.5. The molecule has 1 N–H and O–H groups in total. The van der Waals surface area contributed by atoms with E-state index in [0.717, 1.165) is 17.0 Å². The number of phenolic OH excluding ortho intramolecular Hbond substituents is 1. The van der Waals surface area contributed by atoms with Crippen molar-refractivity contribution in [3.05, 3.63) is 59.4 Å². The van der Waals surface area contributed by atoms with Crippen molar-refractivity contribution >= 4 is 52.5 Å². The number of imide groups is 2. The molecule has 6 rings (SSSR count). The number of nitrogens with zero attached hydrogens (tertiary/aromatic N) is 2. The van der Waals surface area contributed by atoms with Crippen LogP contribution in [0.3, 0.4) is 0 Å². The lowest BCUT2D eigenvalue weighted by Gasteiger charge is -2.50. The van der Waals surface area contributed by atoms with Crippen molar-refractivity contribution in [3.63, 3.8) is 0 Å². The van der Waals surface area contributed by atoms with E-state index in [1.54, 1.807) is 13.0 Å². The molecule has 42 heavy (non-hydrogen) atoms. The van der Waals surface area contributed by atoms with Crippen molar-refractivity contribution < 1.29 is 38.1 Å². The molecule has 2 aliphatic carbocycles.